The molecule has 6 nitrogen and oxygen atoms in total. The van der Waals surface area contributed by atoms with Gasteiger partial charge in [0, 0.05) is 62.3 Å². The molecule has 0 unspecified atom stereocenters. The fourth-order valence-electron chi connectivity index (χ4n) is 5.08. The summed E-state index contributed by atoms with van der Waals surface area (Å²) >= 11 is 1.78. The molecule has 2 aromatic rings. The van der Waals surface area contributed by atoms with Gasteiger partial charge >= 0.3 is 0 Å². The van der Waals surface area contributed by atoms with Crippen LogP contribution in [0.15, 0.2) is 34.4 Å². The van der Waals surface area contributed by atoms with Gasteiger partial charge in [-0.05, 0) is 48.9 Å². The second-order valence-electron chi connectivity index (χ2n) is 8.55. The molecule has 0 aliphatic carbocycles. The highest BCUT2D eigenvalue weighted by molar-refractivity contribution is 7.09. The van der Waals surface area contributed by atoms with Crippen molar-refractivity contribution >= 4 is 42.1 Å². The highest BCUT2D eigenvalue weighted by atomic mass is 35.5. The van der Waals surface area contributed by atoms with Gasteiger partial charge in [0.25, 0.3) is 11.5 Å². The minimum absolute atomic E-state index is 0. The summed E-state index contributed by atoms with van der Waals surface area (Å²) in [7, 11) is 0. The largest absolute Gasteiger partial charge is 0.337 e. The monoisotopic (exact) mass is 484 g/mol. The number of aromatic nitrogens is 1. The van der Waals surface area contributed by atoms with Crippen LogP contribution in [0.3, 0.4) is 0 Å². The zero-order valence-electron chi connectivity index (χ0n) is 17.5. The van der Waals surface area contributed by atoms with Crippen LogP contribution in [0.2, 0.25) is 0 Å². The van der Waals surface area contributed by atoms with Crippen molar-refractivity contribution in [2.75, 3.05) is 39.3 Å². The van der Waals surface area contributed by atoms with E-state index >= 15 is 0 Å². The standard InChI is InChI=1S/C22H28N4O2S.2ClH/c27-21(25-7-2-6-24(8-9-25)15-18-3-1-10-29-18)19-4-5-20-17-11-16(12-23-13-17)14-26(20)22(19)28;;/h1,3-5,10,16-17,23H,2,6-9,11-15H2;2*1H/t16-,17+;;/m0../s1. The van der Waals surface area contributed by atoms with E-state index in [1.165, 1.54) is 4.88 Å². The lowest BCUT2D eigenvalue weighted by atomic mass is 9.84. The Kier molecular flexibility index (Phi) is 8.21. The Labute approximate surface area is 199 Å². The smallest absolute Gasteiger partial charge is 0.263 e. The number of fused-ring (bicyclic) bond motifs is 4. The number of halogens is 2. The predicted molar refractivity (Wildman–Crippen MR) is 129 cm³/mol. The summed E-state index contributed by atoms with van der Waals surface area (Å²) in [6.07, 6.45) is 2.09. The van der Waals surface area contributed by atoms with Gasteiger partial charge in [0.2, 0.25) is 0 Å². The van der Waals surface area contributed by atoms with E-state index in [4.69, 9.17) is 0 Å². The quantitative estimate of drug-likeness (QED) is 0.727. The van der Waals surface area contributed by atoms with E-state index in [0.717, 1.165) is 64.3 Å². The maximum absolute atomic E-state index is 13.2. The van der Waals surface area contributed by atoms with Crippen LogP contribution in [0, 0.1) is 5.92 Å². The van der Waals surface area contributed by atoms with Gasteiger partial charge in [-0.15, -0.1) is 36.2 Å². The summed E-state index contributed by atoms with van der Waals surface area (Å²) in [5, 5.41) is 5.58. The molecule has 0 aromatic carbocycles. The fraction of sp³-hybridized carbons (Fsp3) is 0.545. The van der Waals surface area contributed by atoms with E-state index in [1.807, 2.05) is 15.5 Å². The molecule has 2 saturated heterocycles. The van der Waals surface area contributed by atoms with E-state index < -0.39 is 0 Å². The zero-order valence-corrected chi connectivity index (χ0v) is 19.9. The molecule has 2 fully saturated rings. The number of amides is 1. The van der Waals surface area contributed by atoms with Gasteiger partial charge < -0.3 is 14.8 Å². The molecule has 5 rings (SSSR count). The Morgan fingerprint density at radius 3 is 2.77 bits per heavy atom. The zero-order chi connectivity index (χ0) is 19.8. The first-order valence-electron chi connectivity index (χ1n) is 10.7. The molecule has 3 aliphatic heterocycles. The average molecular weight is 485 g/mol. The topological polar surface area (TPSA) is 57.6 Å². The van der Waals surface area contributed by atoms with Gasteiger partial charge in [0.15, 0.2) is 0 Å². The van der Waals surface area contributed by atoms with Crippen molar-refractivity contribution in [1.82, 2.24) is 19.7 Å². The number of pyridine rings is 1. The maximum Gasteiger partial charge on any atom is 0.263 e. The summed E-state index contributed by atoms with van der Waals surface area (Å²) in [5.41, 5.74) is 1.34. The van der Waals surface area contributed by atoms with Gasteiger partial charge in [-0.25, -0.2) is 0 Å². The van der Waals surface area contributed by atoms with Crippen molar-refractivity contribution in [3.05, 3.63) is 56.1 Å². The molecular formula is C22H30Cl2N4O2S. The number of hydrogen-bond acceptors (Lipinski definition) is 5. The molecule has 9 heteroatoms. The minimum atomic E-state index is -0.0999. The number of rotatable bonds is 3. The molecular weight excluding hydrogens is 455 g/mol. The molecule has 0 saturated carbocycles. The Balaban J connectivity index is 0.00000136. The lowest BCUT2D eigenvalue weighted by Gasteiger charge is -2.37. The molecule has 2 atom stereocenters. The SMILES string of the molecule is Cl.Cl.O=C(c1ccc2n(c1=O)C[C@@H]1CNC[C@H]2C1)N1CCCN(Cc2cccs2)CC1. The Morgan fingerprint density at radius 2 is 1.97 bits per heavy atom. The first-order chi connectivity index (χ1) is 14.2. The van der Waals surface area contributed by atoms with Crippen LogP contribution in [-0.2, 0) is 13.1 Å². The lowest BCUT2D eigenvalue weighted by molar-refractivity contribution is 0.0758. The number of nitrogens with one attached hydrogen (secondary N) is 1. The van der Waals surface area contributed by atoms with E-state index in [2.05, 4.69) is 27.7 Å². The molecule has 170 valence electrons. The number of carbonyl (C=O) groups excluding carboxylic acids is 1. The van der Waals surface area contributed by atoms with Crippen LogP contribution in [0.1, 0.15) is 39.7 Å². The van der Waals surface area contributed by atoms with Crippen LogP contribution in [0.25, 0.3) is 0 Å². The first-order valence-corrected chi connectivity index (χ1v) is 11.6. The van der Waals surface area contributed by atoms with Crippen molar-refractivity contribution in [1.29, 1.82) is 0 Å². The Bertz CT molecular complexity index is 949. The molecule has 1 amide bonds. The normalized spacial score (nSPS) is 23.2. The van der Waals surface area contributed by atoms with Gasteiger partial charge in [0.05, 0.1) is 0 Å². The first kappa shape index (κ1) is 24.3. The Hall–Kier alpha value is -1.38. The van der Waals surface area contributed by atoms with Crippen molar-refractivity contribution in [3.8, 4) is 0 Å². The molecule has 31 heavy (non-hydrogen) atoms. The van der Waals surface area contributed by atoms with E-state index in [0.29, 0.717) is 23.9 Å². The summed E-state index contributed by atoms with van der Waals surface area (Å²) in [5.74, 6) is 0.786. The molecule has 2 aromatic heterocycles. The highest BCUT2D eigenvalue weighted by Crippen LogP contribution is 2.31. The third kappa shape index (κ3) is 5.01. The number of piperidine rings is 1. The average Bonchev–Trinajstić information content (AvgIpc) is 3.13. The summed E-state index contributed by atoms with van der Waals surface area (Å²) in [6, 6.07) is 8.04. The van der Waals surface area contributed by atoms with E-state index in [9.17, 15) is 9.59 Å². The molecule has 0 radical (unpaired) electrons. The van der Waals surface area contributed by atoms with E-state index in [-0.39, 0.29) is 36.3 Å². The predicted octanol–water partition coefficient (Wildman–Crippen LogP) is 2.81. The number of thiophene rings is 1. The number of hydrogen-bond donors (Lipinski definition) is 1. The second-order valence-corrected chi connectivity index (χ2v) is 9.58. The van der Waals surface area contributed by atoms with Crippen molar-refractivity contribution in [2.45, 2.75) is 31.8 Å². The summed E-state index contributed by atoms with van der Waals surface area (Å²) in [4.78, 5) is 32.0. The van der Waals surface area contributed by atoms with Crippen LogP contribution >= 0.6 is 36.2 Å². The van der Waals surface area contributed by atoms with Crippen molar-refractivity contribution in [2.24, 2.45) is 5.92 Å². The third-order valence-electron chi connectivity index (χ3n) is 6.57. The van der Waals surface area contributed by atoms with Crippen LogP contribution in [0.5, 0.6) is 0 Å². The Morgan fingerprint density at radius 1 is 1.10 bits per heavy atom. The van der Waals surface area contributed by atoms with Gasteiger partial charge in [-0.1, -0.05) is 6.07 Å². The molecule has 2 bridgehead atoms. The second kappa shape index (κ2) is 10.5. The number of carbonyl (C=O) groups is 1. The van der Waals surface area contributed by atoms with Crippen LogP contribution < -0.4 is 10.9 Å². The van der Waals surface area contributed by atoms with Gasteiger partial charge in [-0.3, -0.25) is 14.5 Å². The number of nitrogens with zero attached hydrogens (tertiary/aromatic N) is 3. The van der Waals surface area contributed by atoms with Crippen LogP contribution in [0.4, 0.5) is 0 Å². The molecule has 5 heterocycles. The molecule has 3 aliphatic rings. The van der Waals surface area contributed by atoms with E-state index in [1.54, 1.807) is 17.4 Å². The summed E-state index contributed by atoms with van der Waals surface area (Å²) in [6.45, 7) is 6.80. The lowest BCUT2D eigenvalue weighted by Crippen LogP contribution is -2.46. The van der Waals surface area contributed by atoms with Crippen molar-refractivity contribution in [3.63, 3.8) is 0 Å². The maximum atomic E-state index is 13.2. The highest BCUT2D eigenvalue weighted by Gasteiger charge is 2.32. The van der Waals surface area contributed by atoms with Gasteiger partial charge in [0.1, 0.15) is 5.56 Å². The fourth-order valence-corrected chi connectivity index (χ4v) is 5.83. The minimum Gasteiger partial charge on any atom is -0.337 e. The van der Waals surface area contributed by atoms with Gasteiger partial charge in [-0.2, -0.15) is 0 Å². The third-order valence-corrected chi connectivity index (χ3v) is 7.44. The summed E-state index contributed by atoms with van der Waals surface area (Å²) < 4.78 is 1.88. The molecule has 1 N–H and O–H groups in total. The van der Waals surface area contributed by atoms with Crippen molar-refractivity contribution < 1.29 is 4.79 Å². The van der Waals surface area contributed by atoms with Crippen LogP contribution in [-0.4, -0.2) is 59.5 Å². The molecule has 0 spiro atoms.